The van der Waals surface area contributed by atoms with Gasteiger partial charge in [-0.25, -0.2) is 0 Å². The number of anilines is 1. The van der Waals surface area contributed by atoms with Crippen molar-refractivity contribution in [2.75, 3.05) is 18.4 Å². The number of carbonyl (C=O) groups is 3. The number of benzene rings is 1. The molecule has 1 aromatic carbocycles. The Bertz CT molecular complexity index is 738. The van der Waals surface area contributed by atoms with Crippen LogP contribution in [0.25, 0.3) is 0 Å². The fraction of sp³-hybridized carbons (Fsp3) is 0.235. The minimum Gasteiger partial charge on any atom is -0.459 e. The van der Waals surface area contributed by atoms with Gasteiger partial charge in [-0.15, -0.1) is 0 Å². The SMILES string of the molecule is CC(=O)NCCNC(=O)c1ccc(C)c(NC(=O)c2ccco2)c1. The number of amides is 3. The van der Waals surface area contributed by atoms with Gasteiger partial charge >= 0.3 is 0 Å². The van der Waals surface area contributed by atoms with Gasteiger partial charge in [-0.05, 0) is 36.8 Å². The van der Waals surface area contributed by atoms with Gasteiger partial charge in [-0.3, -0.25) is 14.4 Å². The molecule has 126 valence electrons. The standard InChI is InChI=1S/C17H19N3O4/c1-11-5-6-13(16(22)19-8-7-18-12(2)21)10-14(11)20-17(23)15-4-3-9-24-15/h3-6,9-10H,7-8H2,1-2H3,(H,18,21)(H,19,22)(H,20,23). The molecule has 2 aromatic rings. The molecule has 0 saturated carbocycles. The van der Waals surface area contributed by atoms with Crippen molar-refractivity contribution in [1.82, 2.24) is 10.6 Å². The highest BCUT2D eigenvalue weighted by Gasteiger charge is 2.12. The third-order valence-electron chi connectivity index (χ3n) is 3.28. The summed E-state index contributed by atoms with van der Waals surface area (Å²) in [5.74, 6) is -0.623. The van der Waals surface area contributed by atoms with E-state index in [1.807, 2.05) is 6.92 Å². The lowest BCUT2D eigenvalue weighted by molar-refractivity contribution is -0.118. The smallest absolute Gasteiger partial charge is 0.291 e. The molecule has 1 aromatic heterocycles. The summed E-state index contributed by atoms with van der Waals surface area (Å²) in [5, 5.41) is 8.01. The predicted octanol–water partition coefficient (Wildman–Crippen LogP) is 1.71. The Morgan fingerprint density at radius 2 is 1.79 bits per heavy atom. The molecule has 0 aliphatic heterocycles. The van der Waals surface area contributed by atoms with E-state index >= 15 is 0 Å². The molecule has 0 atom stereocenters. The lowest BCUT2D eigenvalue weighted by Gasteiger charge is -2.10. The second kappa shape index (κ2) is 7.96. The highest BCUT2D eigenvalue weighted by Crippen LogP contribution is 2.18. The van der Waals surface area contributed by atoms with Gasteiger partial charge in [0.1, 0.15) is 0 Å². The molecule has 3 amide bonds. The Balaban J connectivity index is 2.01. The van der Waals surface area contributed by atoms with Crippen LogP contribution in [0.2, 0.25) is 0 Å². The van der Waals surface area contributed by atoms with Crippen LogP contribution < -0.4 is 16.0 Å². The molecular weight excluding hydrogens is 310 g/mol. The van der Waals surface area contributed by atoms with Gasteiger partial charge in [0.05, 0.1) is 6.26 Å². The molecule has 0 fully saturated rings. The second-order valence-corrected chi connectivity index (χ2v) is 5.20. The zero-order valence-corrected chi connectivity index (χ0v) is 13.5. The highest BCUT2D eigenvalue weighted by atomic mass is 16.3. The van der Waals surface area contributed by atoms with Crippen LogP contribution in [-0.2, 0) is 4.79 Å². The van der Waals surface area contributed by atoms with E-state index in [0.717, 1.165) is 5.56 Å². The molecule has 0 aliphatic rings. The van der Waals surface area contributed by atoms with Gasteiger partial charge in [0, 0.05) is 31.3 Å². The van der Waals surface area contributed by atoms with Gasteiger partial charge in [-0.1, -0.05) is 6.07 Å². The van der Waals surface area contributed by atoms with E-state index in [1.54, 1.807) is 30.3 Å². The van der Waals surface area contributed by atoms with Crippen molar-refractivity contribution < 1.29 is 18.8 Å². The summed E-state index contributed by atoms with van der Waals surface area (Å²) in [6.45, 7) is 3.92. The molecule has 0 radical (unpaired) electrons. The fourth-order valence-electron chi connectivity index (χ4n) is 2.01. The summed E-state index contributed by atoms with van der Waals surface area (Å²) < 4.78 is 5.04. The lowest BCUT2D eigenvalue weighted by atomic mass is 10.1. The summed E-state index contributed by atoms with van der Waals surface area (Å²) in [5.41, 5.74) is 1.77. The monoisotopic (exact) mass is 329 g/mol. The molecule has 2 rings (SSSR count). The van der Waals surface area contributed by atoms with E-state index in [4.69, 9.17) is 4.42 Å². The first-order chi connectivity index (χ1) is 11.5. The first-order valence-electron chi connectivity index (χ1n) is 7.45. The molecule has 0 saturated heterocycles. The molecule has 0 unspecified atom stereocenters. The average Bonchev–Trinajstić information content (AvgIpc) is 3.07. The van der Waals surface area contributed by atoms with Crippen LogP contribution in [0, 0.1) is 6.92 Å². The summed E-state index contributed by atoms with van der Waals surface area (Å²) in [4.78, 5) is 34.9. The van der Waals surface area contributed by atoms with Crippen LogP contribution >= 0.6 is 0 Å². The largest absolute Gasteiger partial charge is 0.459 e. The number of carbonyl (C=O) groups excluding carboxylic acids is 3. The van der Waals surface area contributed by atoms with Crippen molar-refractivity contribution in [3.05, 3.63) is 53.5 Å². The first-order valence-corrected chi connectivity index (χ1v) is 7.45. The highest BCUT2D eigenvalue weighted by molar-refractivity contribution is 6.03. The van der Waals surface area contributed by atoms with Crippen molar-refractivity contribution in [3.63, 3.8) is 0 Å². The van der Waals surface area contributed by atoms with Gasteiger partial charge < -0.3 is 20.4 Å². The first kappa shape index (κ1) is 17.3. The summed E-state index contributed by atoms with van der Waals surface area (Å²) in [6, 6.07) is 8.21. The molecule has 24 heavy (non-hydrogen) atoms. The van der Waals surface area contributed by atoms with E-state index in [2.05, 4.69) is 16.0 Å². The van der Waals surface area contributed by atoms with Crippen molar-refractivity contribution in [3.8, 4) is 0 Å². The predicted molar refractivity (Wildman–Crippen MR) is 88.9 cm³/mol. The molecule has 0 aliphatic carbocycles. The van der Waals surface area contributed by atoms with Gasteiger partial charge in [0.15, 0.2) is 5.76 Å². The topological polar surface area (TPSA) is 100 Å². The number of hydrogen-bond acceptors (Lipinski definition) is 4. The molecular formula is C17H19N3O4. The molecule has 7 heteroatoms. The number of furan rings is 1. The van der Waals surface area contributed by atoms with E-state index < -0.39 is 0 Å². The normalized spacial score (nSPS) is 10.1. The minimum absolute atomic E-state index is 0.150. The Kier molecular flexibility index (Phi) is 5.73. The molecule has 0 bridgehead atoms. The average molecular weight is 329 g/mol. The van der Waals surface area contributed by atoms with Crippen LogP contribution in [-0.4, -0.2) is 30.8 Å². The van der Waals surface area contributed by atoms with Crippen molar-refractivity contribution >= 4 is 23.4 Å². The maximum atomic E-state index is 12.1. The molecule has 3 N–H and O–H groups in total. The van der Waals surface area contributed by atoms with Gasteiger partial charge in [0.2, 0.25) is 5.91 Å². The molecule has 1 heterocycles. The van der Waals surface area contributed by atoms with E-state index in [1.165, 1.54) is 13.2 Å². The third kappa shape index (κ3) is 4.70. The molecule has 0 spiro atoms. The summed E-state index contributed by atoms with van der Waals surface area (Å²) in [7, 11) is 0. The van der Waals surface area contributed by atoms with Crippen LogP contribution in [0.4, 0.5) is 5.69 Å². The Hall–Kier alpha value is -3.09. The number of aryl methyl sites for hydroxylation is 1. The van der Waals surface area contributed by atoms with E-state index in [-0.39, 0.29) is 23.5 Å². The van der Waals surface area contributed by atoms with E-state index in [0.29, 0.717) is 24.3 Å². The van der Waals surface area contributed by atoms with Crippen LogP contribution in [0.5, 0.6) is 0 Å². The number of hydrogen-bond donors (Lipinski definition) is 3. The Labute approximate surface area is 139 Å². The van der Waals surface area contributed by atoms with Crippen molar-refractivity contribution in [2.45, 2.75) is 13.8 Å². The minimum atomic E-state index is -0.383. The Morgan fingerprint density at radius 1 is 1.04 bits per heavy atom. The summed E-state index contributed by atoms with van der Waals surface area (Å²) >= 11 is 0. The second-order valence-electron chi connectivity index (χ2n) is 5.20. The zero-order chi connectivity index (χ0) is 17.5. The quantitative estimate of drug-likeness (QED) is 0.702. The third-order valence-corrected chi connectivity index (χ3v) is 3.28. The maximum absolute atomic E-state index is 12.1. The van der Waals surface area contributed by atoms with E-state index in [9.17, 15) is 14.4 Å². The van der Waals surface area contributed by atoms with Crippen LogP contribution in [0.15, 0.2) is 41.0 Å². The van der Waals surface area contributed by atoms with Gasteiger partial charge in [-0.2, -0.15) is 0 Å². The number of rotatable bonds is 6. The van der Waals surface area contributed by atoms with Crippen LogP contribution in [0.3, 0.4) is 0 Å². The number of nitrogens with one attached hydrogen (secondary N) is 3. The summed E-state index contributed by atoms with van der Waals surface area (Å²) in [6.07, 6.45) is 1.42. The van der Waals surface area contributed by atoms with Crippen molar-refractivity contribution in [2.24, 2.45) is 0 Å². The maximum Gasteiger partial charge on any atom is 0.291 e. The van der Waals surface area contributed by atoms with Crippen molar-refractivity contribution in [1.29, 1.82) is 0 Å². The van der Waals surface area contributed by atoms with Crippen LogP contribution in [0.1, 0.15) is 33.4 Å². The fourth-order valence-corrected chi connectivity index (χ4v) is 2.01. The lowest BCUT2D eigenvalue weighted by Crippen LogP contribution is -2.33. The van der Waals surface area contributed by atoms with Gasteiger partial charge in [0.25, 0.3) is 11.8 Å². The Morgan fingerprint density at radius 3 is 2.46 bits per heavy atom. The zero-order valence-electron chi connectivity index (χ0n) is 13.5. The molecule has 7 nitrogen and oxygen atoms in total.